The molecule has 0 aromatic heterocycles. The summed E-state index contributed by atoms with van der Waals surface area (Å²) in [6, 6.07) is 1.61. The molecule has 1 fully saturated rings. The second kappa shape index (κ2) is 4.44. The molecule has 0 aliphatic carbocycles. The van der Waals surface area contributed by atoms with Gasteiger partial charge in [0, 0.05) is 0 Å². The van der Waals surface area contributed by atoms with Crippen molar-refractivity contribution in [2.24, 2.45) is 5.92 Å². The van der Waals surface area contributed by atoms with Gasteiger partial charge in [-0.25, -0.2) is 0 Å². The van der Waals surface area contributed by atoms with Gasteiger partial charge < -0.3 is 0 Å². The van der Waals surface area contributed by atoms with Crippen molar-refractivity contribution in [3.8, 4) is 0 Å². The quantitative estimate of drug-likeness (QED) is 0.510. The van der Waals surface area contributed by atoms with Crippen LogP contribution >= 0.6 is 0 Å². The molecule has 1 aliphatic rings. The minimum atomic E-state index is 0.807. The Bertz CT molecular complexity index is 106. The molecule has 1 saturated heterocycles. The monoisotopic (exact) mass is 355 g/mol. The molecule has 4 heteroatoms. The Hall–Kier alpha value is 1.64. The molecule has 12 heavy (non-hydrogen) atoms. The Balaban J connectivity index is 2.76. The molecule has 72 valence electrons. The normalized spacial score (nSPS) is 51.0. The summed E-state index contributed by atoms with van der Waals surface area (Å²) in [4.78, 5) is 0. The van der Waals surface area contributed by atoms with E-state index in [0.29, 0.717) is 0 Å². The van der Waals surface area contributed by atoms with Gasteiger partial charge in [0.15, 0.2) is 0 Å². The van der Waals surface area contributed by atoms with Gasteiger partial charge in [0.05, 0.1) is 0 Å². The van der Waals surface area contributed by atoms with Crippen molar-refractivity contribution in [3.05, 3.63) is 0 Å². The first-order chi connectivity index (χ1) is 5.46. The van der Waals surface area contributed by atoms with Gasteiger partial charge in [0.2, 0.25) is 0 Å². The van der Waals surface area contributed by atoms with Gasteiger partial charge in [-0.3, -0.25) is 0 Å². The third-order valence-corrected chi connectivity index (χ3v) is 10.1. The van der Waals surface area contributed by atoms with E-state index in [1.165, 1.54) is 0 Å². The van der Waals surface area contributed by atoms with Crippen LogP contribution in [0.2, 0.25) is 9.41 Å². The van der Waals surface area contributed by atoms with Crippen LogP contribution in [0.3, 0.4) is 0 Å². The fraction of sp³-hybridized carbons (Fsp3) is 1.00. The predicted octanol–water partition coefficient (Wildman–Crippen LogP) is -0.894. The van der Waals surface area contributed by atoms with E-state index in [2.05, 4.69) is 24.6 Å². The Morgan fingerprint density at radius 1 is 0.917 bits per heavy atom. The SMILES string of the molecule is CC1C([AsH2])C(C)N([AsH2])C(C)C1[AsH2]. The number of hydrogen-bond acceptors (Lipinski definition) is 1. The van der Waals surface area contributed by atoms with Crippen LogP contribution in [0.4, 0.5) is 0 Å². The summed E-state index contributed by atoms with van der Waals surface area (Å²) < 4.78 is 4.47. The molecule has 1 rings (SSSR count). The zero-order valence-electron chi connectivity index (χ0n) is 8.07. The van der Waals surface area contributed by atoms with E-state index in [-0.39, 0.29) is 0 Å². The van der Waals surface area contributed by atoms with Crippen molar-refractivity contribution in [1.29, 1.82) is 0 Å². The molecule has 0 aromatic rings. The van der Waals surface area contributed by atoms with E-state index < -0.39 is 0 Å². The maximum absolute atomic E-state index is 2.62. The predicted molar refractivity (Wildman–Crippen MR) is 63.1 cm³/mol. The average molecular weight is 355 g/mol. The van der Waals surface area contributed by atoms with E-state index in [1.807, 2.05) is 50.8 Å². The number of piperidine rings is 1. The van der Waals surface area contributed by atoms with Crippen LogP contribution in [0.25, 0.3) is 0 Å². The third kappa shape index (κ3) is 2.00. The van der Waals surface area contributed by atoms with E-state index in [1.54, 1.807) is 0 Å². The van der Waals surface area contributed by atoms with E-state index in [9.17, 15) is 0 Å². The van der Waals surface area contributed by atoms with Gasteiger partial charge in [-0.1, -0.05) is 0 Å². The number of nitrogens with zero attached hydrogens (tertiary/aromatic N) is 1. The first-order valence-corrected chi connectivity index (χ1v) is 8.39. The zero-order valence-corrected chi connectivity index (χ0v) is 15.3. The van der Waals surface area contributed by atoms with Crippen molar-refractivity contribution in [2.75, 3.05) is 0 Å². The van der Waals surface area contributed by atoms with Crippen LogP contribution < -0.4 is 0 Å². The van der Waals surface area contributed by atoms with Gasteiger partial charge in [0.1, 0.15) is 0 Å². The van der Waals surface area contributed by atoms with Crippen LogP contribution in [0.15, 0.2) is 0 Å². The molecule has 0 radical (unpaired) electrons. The van der Waals surface area contributed by atoms with Crippen molar-refractivity contribution in [1.82, 2.24) is 3.82 Å². The topological polar surface area (TPSA) is 3.24 Å². The molecular weight excluding hydrogens is 335 g/mol. The molecule has 1 nitrogen and oxygen atoms in total. The van der Waals surface area contributed by atoms with Crippen molar-refractivity contribution < 1.29 is 0 Å². The maximum atomic E-state index is 2.62. The second-order valence-corrected chi connectivity index (χ2v) is 8.42. The molecule has 7 atom stereocenters. The molecular formula is C8H20As3N. The number of hydrogen-bond donors (Lipinski definition) is 0. The zero-order chi connectivity index (χ0) is 9.46. The Morgan fingerprint density at radius 3 is 1.58 bits per heavy atom. The molecule has 0 N–H and O–H groups in total. The van der Waals surface area contributed by atoms with Crippen LogP contribution in [0, 0.1) is 5.92 Å². The Morgan fingerprint density at radius 2 is 1.25 bits per heavy atom. The standard InChI is InChI=1S/C8H20As3N/c1-4-7(9)5(2)12(11)6(3)8(4)10/h4-8H,9-11H2,1-3H3. The van der Waals surface area contributed by atoms with Crippen molar-refractivity contribution in [2.45, 2.75) is 42.3 Å². The van der Waals surface area contributed by atoms with Gasteiger partial charge in [-0.2, -0.15) is 0 Å². The van der Waals surface area contributed by atoms with Crippen LogP contribution in [-0.2, 0) is 0 Å². The molecule has 0 spiro atoms. The van der Waals surface area contributed by atoms with Crippen LogP contribution in [0.5, 0.6) is 0 Å². The summed E-state index contributed by atoms with van der Waals surface area (Å²) in [7, 11) is 0. The summed E-state index contributed by atoms with van der Waals surface area (Å²) in [6.45, 7) is 7.21. The van der Waals surface area contributed by atoms with Crippen LogP contribution in [-0.4, -0.2) is 66.7 Å². The minimum absolute atomic E-state index is 0.807. The van der Waals surface area contributed by atoms with E-state index in [0.717, 1.165) is 27.4 Å². The van der Waals surface area contributed by atoms with E-state index >= 15 is 0 Å². The molecule has 0 amide bonds. The van der Waals surface area contributed by atoms with Gasteiger partial charge >= 0.3 is 103 Å². The summed E-state index contributed by atoms with van der Waals surface area (Å²) in [5.74, 6) is 0.932. The van der Waals surface area contributed by atoms with E-state index in [4.69, 9.17) is 0 Å². The van der Waals surface area contributed by atoms with Gasteiger partial charge in [0.25, 0.3) is 0 Å². The summed E-state index contributed by atoms with van der Waals surface area (Å²) >= 11 is 5.68. The fourth-order valence-electron chi connectivity index (χ4n) is 1.90. The Labute approximate surface area is 102 Å². The summed E-state index contributed by atoms with van der Waals surface area (Å²) in [5, 5.41) is 0. The van der Waals surface area contributed by atoms with Gasteiger partial charge in [-0.05, 0) is 0 Å². The van der Waals surface area contributed by atoms with Gasteiger partial charge in [-0.15, -0.1) is 0 Å². The molecule has 0 saturated carbocycles. The molecule has 0 aromatic carbocycles. The molecule has 7 unspecified atom stereocenters. The first-order valence-electron chi connectivity index (χ1n) is 4.51. The first kappa shape index (κ1) is 11.7. The average Bonchev–Trinajstić information content (AvgIpc) is 2.08. The van der Waals surface area contributed by atoms with Crippen molar-refractivity contribution in [3.63, 3.8) is 0 Å². The molecule has 1 heterocycles. The Kier molecular flexibility index (Phi) is 4.33. The second-order valence-electron chi connectivity index (χ2n) is 3.94. The number of rotatable bonds is 0. The molecule has 1 aliphatic heterocycles. The third-order valence-electron chi connectivity index (χ3n) is 3.27. The fourth-order valence-corrected chi connectivity index (χ4v) is 7.53. The molecule has 0 bridgehead atoms. The van der Waals surface area contributed by atoms with Crippen LogP contribution in [0.1, 0.15) is 20.8 Å². The summed E-state index contributed by atoms with van der Waals surface area (Å²) in [6.07, 6.45) is 0. The summed E-state index contributed by atoms with van der Waals surface area (Å²) in [5.41, 5.74) is 0. The van der Waals surface area contributed by atoms with Crippen molar-refractivity contribution >= 4 is 50.8 Å².